The Morgan fingerprint density at radius 2 is 2.12 bits per heavy atom. The molecule has 11 heteroatoms. The van der Waals surface area contributed by atoms with E-state index in [2.05, 4.69) is 4.99 Å². The summed E-state index contributed by atoms with van der Waals surface area (Å²) >= 11 is 1.09. The Labute approximate surface area is 152 Å². The summed E-state index contributed by atoms with van der Waals surface area (Å²) in [4.78, 5) is 17.1. The lowest BCUT2D eigenvalue weighted by Crippen LogP contribution is -2.38. The first-order chi connectivity index (χ1) is 12.1. The minimum Gasteiger partial charge on any atom is -0.375 e. The summed E-state index contributed by atoms with van der Waals surface area (Å²) in [6.07, 6.45) is -4.53. The molecule has 26 heavy (non-hydrogen) atoms. The van der Waals surface area contributed by atoms with Crippen LogP contribution in [-0.4, -0.2) is 56.0 Å². The standard InChI is InChI=1S/C15H15F3N2O4S2/c1-24-6-13(21)19-14-20(11-7-26(22,23)8-12(11)25-14)10-4-2-3-9(5-10)15(16,17)18/h2-5,11-12H,6-8H2,1H3/t11-,12-/m0/s1. The van der Waals surface area contributed by atoms with Crippen molar-refractivity contribution >= 4 is 38.4 Å². The van der Waals surface area contributed by atoms with E-state index in [1.807, 2.05) is 0 Å². The van der Waals surface area contributed by atoms with Crippen LogP contribution in [0.3, 0.4) is 0 Å². The number of hydrogen-bond acceptors (Lipinski definition) is 5. The average molecular weight is 408 g/mol. The minimum atomic E-state index is -4.53. The Bertz CT molecular complexity index is 855. The number of anilines is 1. The molecule has 0 aliphatic carbocycles. The van der Waals surface area contributed by atoms with Gasteiger partial charge in [0.25, 0.3) is 5.91 Å². The van der Waals surface area contributed by atoms with Gasteiger partial charge in [-0.2, -0.15) is 18.2 Å². The number of carbonyl (C=O) groups is 1. The fourth-order valence-corrected chi connectivity index (χ4v) is 6.89. The first-order valence-corrected chi connectivity index (χ1v) is 10.2. The van der Waals surface area contributed by atoms with E-state index in [0.29, 0.717) is 0 Å². The third kappa shape index (κ3) is 3.89. The van der Waals surface area contributed by atoms with Crippen molar-refractivity contribution in [3.8, 4) is 0 Å². The highest BCUT2D eigenvalue weighted by molar-refractivity contribution is 8.16. The number of halogens is 3. The molecule has 0 unspecified atom stereocenters. The van der Waals surface area contributed by atoms with Crippen LogP contribution in [0.2, 0.25) is 0 Å². The van der Waals surface area contributed by atoms with E-state index < -0.39 is 33.5 Å². The number of thioether (sulfide) groups is 1. The Hall–Kier alpha value is -1.59. The van der Waals surface area contributed by atoms with Gasteiger partial charge in [-0.1, -0.05) is 17.8 Å². The highest BCUT2D eigenvalue weighted by atomic mass is 32.2. The van der Waals surface area contributed by atoms with Crippen LogP contribution in [0.15, 0.2) is 29.3 Å². The number of rotatable bonds is 3. The first-order valence-electron chi connectivity index (χ1n) is 7.55. The number of methoxy groups -OCH3 is 1. The lowest BCUT2D eigenvalue weighted by Gasteiger charge is -2.25. The van der Waals surface area contributed by atoms with E-state index in [1.165, 1.54) is 24.1 Å². The quantitative estimate of drug-likeness (QED) is 0.761. The summed E-state index contributed by atoms with van der Waals surface area (Å²) in [5.74, 6) is -0.886. The molecule has 0 saturated carbocycles. The molecule has 2 fully saturated rings. The van der Waals surface area contributed by atoms with E-state index in [4.69, 9.17) is 4.74 Å². The van der Waals surface area contributed by atoms with E-state index >= 15 is 0 Å². The lowest BCUT2D eigenvalue weighted by atomic mass is 10.1. The maximum absolute atomic E-state index is 13.0. The number of hydrogen-bond donors (Lipinski definition) is 0. The molecule has 1 aromatic carbocycles. The third-order valence-electron chi connectivity index (χ3n) is 4.01. The van der Waals surface area contributed by atoms with E-state index in [-0.39, 0.29) is 34.2 Å². The van der Waals surface area contributed by atoms with E-state index in [9.17, 15) is 26.4 Å². The second-order valence-corrected chi connectivity index (χ2v) is 9.30. The molecular formula is C15H15F3N2O4S2. The number of sulfone groups is 1. The minimum absolute atomic E-state index is 0.102. The monoisotopic (exact) mass is 408 g/mol. The van der Waals surface area contributed by atoms with Crippen molar-refractivity contribution in [2.24, 2.45) is 4.99 Å². The maximum Gasteiger partial charge on any atom is 0.416 e. The van der Waals surface area contributed by atoms with Gasteiger partial charge in [-0.05, 0) is 18.2 Å². The Morgan fingerprint density at radius 1 is 1.38 bits per heavy atom. The number of amidine groups is 1. The largest absolute Gasteiger partial charge is 0.416 e. The van der Waals surface area contributed by atoms with Crippen LogP contribution >= 0.6 is 11.8 Å². The van der Waals surface area contributed by atoms with Crippen molar-refractivity contribution in [3.05, 3.63) is 29.8 Å². The van der Waals surface area contributed by atoms with Gasteiger partial charge in [0.15, 0.2) is 15.0 Å². The highest BCUT2D eigenvalue weighted by Crippen LogP contribution is 2.42. The second kappa shape index (κ2) is 6.86. The fraction of sp³-hybridized carbons (Fsp3) is 0.467. The molecule has 3 rings (SSSR count). The van der Waals surface area contributed by atoms with Crippen LogP contribution in [0.4, 0.5) is 18.9 Å². The van der Waals surface area contributed by atoms with Crippen molar-refractivity contribution in [2.45, 2.75) is 17.5 Å². The molecule has 0 spiro atoms. The van der Waals surface area contributed by atoms with Crippen LogP contribution in [0.1, 0.15) is 5.56 Å². The zero-order chi connectivity index (χ0) is 19.1. The van der Waals surface area contributed by atoms with Gasteiger partial charge in [-0.25, -0.2) is 8.42 Å². The van der Waals surface area contributed by atoms with Crippen LogP contribution in [-0.2, 0) is 25.5 Å². The van der Waals surface area contributed by atoms with Crippen LogP contribution in [0.25, 0.3) is 0 Å². The number of nitrogens with zero attached hydrogens (tertiary/aromatic N) is 2. The molecular weight excluding hydrogens is 393 g/mol. The molecule has 2 aliphatic heterocycles. The number of benzene rings is 1. The molecule has 142 valence electrons. The van der Waals surface area contributed by atoms with Gasteiger partial charge in [0.1, 0.15) is 6.61 Å². The summed E-state index contributed by atoms with van der Waals surface area (Å²) in [6.45, 7) is -0.270. The number of amides is 1. The fourth-order valence-electron chi connectivity index (χ4n) is 2.96. The van der Waals surface area contributed by atoms with E-state index in [0.717, 1.165) is 23.9 Å². The predicted molar refractivity (Wildman–Crippen MR) is 92.1 cm³/mol. The van der Waals surface area contributed by atoms with Gasteiger partial charge in [0.2, 0.25) is 0 Å². The number of ether oxygens (including phenoxy) is 1. The molecule has 1 amide bonds. The second-order valence-electron chi connectivity index (χ2n) is 5.94. The summed E-state index contributed by atoms with van der Waals surface area (Å²) in [7, 11) is -1.97. The molecule has 2 aliphatic rings. The summed E-state index contributed by atoms with van der Waals surface area (Å²) in [6, 6.07) is 3.99. The third-order valence-corrected chi connectivity index (χ3v) is 7.22. The number of aliphatic imine (C=N–C) groups is 1. The number of alkyl halides is 3. The number of fused-ring (bicyclic) bond motifs is 1. The molecule has 6 nitrogen and oxygen atoms in total. The molecule has 0 N–H and O–H groups in total. The van der Waals surface area contributed by atoms with Gasteiger partial charge >= 0.3 is 6.18 Å². The van der Waals surface area contributed by atoms with Gasteiger partial charge < -0.3 is 9.64 Å². The van der Waals surface area contributed by atoms with Gasteiger partial charge in [0, 0.05) is 18.0 Å². The lowest BCUT2D eigenvalue weighted by molar-refractivity contribution is -0.137. The molecule has 2 saturated heterocycles. The van der Waals surface area contributed by atoms with Crippen molar-refractivity contribution < 1.29 is 31.1 Å². The van der Waals surface area contributed by atoms with E-state index in [1.54, 1.807) is 0 Å². The first kappa shape index (κ1) is 19.2. The molecule has 0 radical (unpaired) electrons. The van der Waals surface area contributed by atoms with Crippen LogP contribution in [0, 0.1) is 0 Å². The van der Waals surface area contributed by atoms with Crippen molar-refractivity contribution in [2.75, 3.05) is 30.1 Å². The van der Waals surface area contributed by atoms with Gasteiger partial charge in [-0.3, -0.25) is 4.79 Å². The Balaban J connectivity index is 2.02. The van der Waals surface area contributed by atoms with Crippen molar-refractivity contribution in [3.63, 3.8) is 0 Å². The maximum atomic E-state index is 13.0. The normalized spacial score (nSPS) is 26.3. The van der Waals surface area contributed by atoms with Crippen LogP contribution < -0.4 is 4.90 Å². The Kier molecular flexibility index (Phi) is 5.06. The van der Waals surface area contributed by atoms with Crippen LogP contribution in [0.5, 0.6) is 0 Å². The summed E-state index contributed by atoms with van der Waals surface area (Å²) in [5, 5.41) is -0.195. The van der Waals surface area contributed by atoms with Gasteiger partial charge in [0.05, 0.1) is 23.1 Å². The van der Waals surface area contributed by atoms with Crippen molar-refractivity contribution in [1.82, 2.24) is 0 Å². The van der Waals surface area contributed by atoms with Crippen molar-refractivity contribution in [1.29, 1.82) is 0 Å². The SMILES string of the molecule is COCC(=O)N=C1S[C@H]2CS(=O)(=O)C[C@@H]2N1c1cccc(C(F)(F)F)c1. The summed E-state index contributed by atoms with van der Waals surface area (Å²) < 4.78 is 67.7. The molecule has 2 heterocycles. The zero-order valence-corrected chi connectivity index (χ0v) is 15.2. The molecule has 0 aromatic heterocycles. The Morgan fingerprint density at radius 3 is 2.77 bits per heavy atom. The smallest absolute Gasteiger partial charge is 0.375 e. The molecule has 0 bridgehead atoms. The molecule has 1 aromatic rings. The zero-order valence-electron chi connectivity index (χ0n) is 13.6. The number of carbonyl (C=O) groups excluding carboxylic acids is 1. The highest BCUT2D eigenvalue weighted by Gasteiger charge is 2.49. The topological polar surface area (TPSA) is 76.0 Å². The average Bonchev–Trinajstić information content (AvgIpc) is 2.97. The summed E-state index contributed by atoms with van der Waals surface area (Å²) in [5.41, 5.74) is -0.701. The predicted octanol–water partition coefficient (Wildman–Crippen LogP) is 1.95. The molecule has 2 atom stereocenters. The van der Waals surface area contributed by atoms with Gasteiger partial charge in [-0.15, -0.1) is 0 Å².